The second kappa shape index (κ2) is 21.0. The van der Waals surface area contributed by atoms with Crippen LogP contribution in [0.3, 0.4) is 0 Å². The van der Waals surface area contributed by atoms with E-state index in [0.717, 1.165) is 24.8 Å². The van der Waals surface area contributed by atoms with Gasteiger partial charge in [0, 0.05) is 30.9 Å². The third-order valence-electron chi connectivity index (χ3n) is 9.39. The van der Waals surface area contributed by atoms with Crippen LogP contribution in [0.2, 0.25) is 0 Å². The number of hydrogen-bond acceptors (Lipinski definition) is 11. The summed E-state index contributed by atoms with van der Waals surface area (Å²) in [5, 5.41) is 10.5. The van der Waals surface area contributed by atoms with E-state index in [0.29, 0.717) is 37.7 Å². The molecule has 11 heteroatoms. The number of unbranched alkanes of at least 4 members (excludes halogenated alkanes) is 1. The molecule has 2 fully saturated rings. The maximum atomic E-state index is 13.1. The molecule has 50 heavy (non-hydrogen) atoms. The molecular weight excluding hydrogens is 644 g/mol. The van der Waals surface area contributed by atoms with Crippen LogP contribution >= 0.6 is 0 Å². The molecular formula is C39H58O11. The number of carbonyl (C=O) groups excluding carboxylic acids is 4. The Hall–Kier alpha value is -3.54. The van der Waals surface area contributed by atoms with Crippen molar-refractivity contribution in [3.63, 3.8) is 0 Å². The Morgan fingerprint density at radius 1 is 0.880 bits per heavy atom. The van der Waals surface area contributed by atoms with Crippen molar-refractivity contribution in [2.24, 2.45) is 11.8 Å². The zero-order valence-electron chi connectivity index (χ0n) is 31.1. The number of rotatable bonds is 17. The van der Waals surface area contributed by atoms with Gasteiger partial charge >= 0.3 is 23.9 Å². The zero-order chi connectivity index (χ0) is 37.3. The minimum atomic E-state index is -0.996. The number of aliphatic hydroxyl groups excluding tert-OH is 1. The van der Waals surface area contributed by atoms with Crippen molar-refractivity contribution < 1.29 is 52.7 Å². The Morgan fingerprint density at radius 3 is 2.24 bits per heavy atom. The first-order chi connectivity index (χ1) is 23.7. The molecule has 0 aromatic rings. The van der Waals surface area contributed by atoms with E-state index in [1.165, 1.54) is 33.5 Å². The van der Waals surface area contributed by atoms with Crippen LogP contribution in [0, 0.1) is 11.8 Å². The number of hydrogen-bond donors (Lipinski definition) is 1. The highest BCUT2D eigenvalue weighted by Gasteiger charge is 2.54. The number of methoxy groups -OCH3 is 3. The maximum Gasteiger partial charge on any atom is 0.330 e. The van der Waals surface area contributed by atoms with Gasteiger partial charge in [-0.2, -0.15) is 0 Å². The van der Waals surface area contributed by atoms with Gasteiger partial charge in [0.25, 0.3) is 0 Å². The van der Waals surface area contributed by atoms with Gasteiger partial charge in [-0.25, -0.2) is 9.59 Å². The van der Waals surface area contributed by atoms with Gasteiger partial charge in [-0.1, -0.05) is 69.2 Å². The summed E-state index contributed by atoms with van der Waals surface area (Å²) in [4.78, 5) is 48.1. The molecule has 2 rings (SSSR count). The molecule has 0 aromatic carbocycles. The average Bonchev–Trinajstić information content (AvgIpc) is 3.11. The fourth-order valence-corrected chi connectivity index (χ4v) is 6.02. The first-order valence-corrected chi connectivity index (χ1v) is 17.6. The lowest BCUT2D eigenvalue weighted by molar-refractivity contribution is -0.344. The molecule has 0 saturated carbocycles. The van der Waals surface area contributed by atoms with E-state index in [4.69, 9.17) is 23.7 Å². The zero-order valence-corrected chi connectivity index (χ0v) is 31.1. The van der Waals surface area contributed by atoms with Crippen LogP contribution in [0.15, 0.2) is 59.8 Å². The van der Waals surface area contributed by atoms with Crippen molar-refractivity contribution in [2.75, 3.05) is 21.3 Å². The molecule has 2 saturated heterocycles. The lowest BCUT2D eigenvalue weighted by Crippen LogP contribution is -2.59. The molecule has 1 N–H and O–H groups in total. The molecule has 2 aliphatic heterocycles. The number of aliphatic hydroxyl groups is 1. The molecule has 11 nitrogen and oxygen atoms in total. The van der Waals surface area contributed by atoms with Gasteiger partial charge < -0.3 is 33.5 Å². The largest absolute Gasteiger partial charge is 0.469 e. The second-order valence-corrected chi connectivity index (χ2v) is 13.4. The van der Waals surface area contributed by atoms with Gasteiger partial charge in [0.15, 0.2) is 5.79 Å². The third kappa shape index (κ3) is 13.6. The van der Waals surface area contributed by atoms with E-state index in [1.807, 2.05) is 26.0 Å². The summed E-state index contributed by atoms with van der Waals surface area (Å²) in [6.07, 6.45) is 17.1. The van der Waals surface area contributed by atoms with E-state index in [2.05, 4.69) is 24.7 Å². The van der Waals surface area contributed by atoms with Crippen molar-refractivity contribution in [1.82, 2.24) is 0 Å². The fraction of sp³-hybridized carbons (Fsp3) is 0.641. The van der Waals surface area contributed by atoms with Crippen LogP contribution in [-0.2, 0) is 47.6 Å². The molecule has 0 unspecified atom stereocenters. The molecule has 0 aliphatic carbocycles. The molecule has 2 aliphatic rings. The van der Waals surface area contributed by atoms with Crippen LogP contribution in [0.1, 0.15) is 98.8 Å². The minimum Gasteiger partial charge on any atom is -0.469 e. The predicted octanol–water partition coefficient (Wildman–Crippen LogP) is 6.40. The highest BCUT2D eigenvalue weighted by atomic mass is 16.7. The molecule has 280 valence electrons. The van der Waals surface area contributed by atoms with Gasteiger partial charge in [0.1, 0.15) is 11.7 Å². The van der Waals surface area contributed by atoms with E-state index in [1.54, 1.807) is 25.2 Å². The number of esters is 4. The lowest BCUT2D eigenvalue weighted by atomic mass is 9.78. The fourth-order valence-electron chi connectivity index (χ4n) is 6.02. The summed E-state index contributed by atoms with van der Waals surface area (Å²) in [5.41, 5.74) is 0.605. The first-order valence-electron chi connectivity index (χ1n) is 17.6. The van der Waals surface area contributed by atoms with Crippen LogP contribution < -0.4 is 0 Å². The van der Waals surface area contributed by atoms with E-state index in [-0.39, 0.29) is 30.8 Å². The third-order valence-corrected chi connectivity index (χ3v) is 9.39. The smallest absolute Gasteiger partial charge is 0.330 e. The molecule has 7 atom stereocenters. The summed E-state index contributed by atoms with van der Waals surface area (Å²) in [6.45, 7) is 9.77. The molecule has 1 spiro atoms. The van der Waals surface area contributed by atoms with Crippen molar-refractivity contribution in [1.29, 1.82) is 0 Å². The van der Waals surface area contributed by atoms with Gasteiger partial charge in [-0.3, -0.25) is 9.59 Å². The normalized spacial score (nSPS) is 27.4. The first kappa shape index (κ1) is 42.6. The van der Waals surface area contributed by atoms with Crippen molar-refractivity contribution in [3.05, 3.63) is 59.8 Å². The predicted molar refractivity (Wildman–Crippen MR) is 188 cm³/mol. The van der Waals surface area contributed by atoms with Crippen LogP contribution in [0.25, 0.3) is 0 Å². The van der Waals surface area contributed by atoms with E-state index >= 15 is 0 Å². The number of allylic oxidation sites excluding steroid dienone is 4. The molecule has 0 bridgehead atoms. The van der Waals surface area contributed by atoms with E-state index < -0.39 is 47.5 Å². The number of carbonyl (C=O) groups is 4. The van der Waals surface area contributed by atoms with Crippen LogP contribution in [-0.4, -0.2) is 80.0 Å². The summed E-state index contributed by atoms with van der Waals surface area (Å²) >= 11 is 0. The Labute approximate surface area is 297 Å². The Morgan fingerprint density at radius 2 is 1.58 bits per heavy atom. The standard InChI is InChI=1S/C39H58O11/c1-9-10-22-38(50-36(43)20-19-35(42)46-7)24-25-39(49-33(38)17-13-28(3)26-37(44)47-8)23-21-30(5)32(48-39)16-12-27(2)11-15-31(40)29(4)14-18-34(41)45-6/h11-15,17-18,26,29-33,40H,9-10,16,19-25H2,1-8H3/b15-11+,17-13+,18-14+,27-12+,28-26+/t29-,30-,31-,32+,33-,38+,39-/m0/s1. The van der Waals surface area contributed by atoms with Crippen molar-refractivity contribution in [3.8, 4) is 0 Å². The van der Waals surface area contributed by atoms with Crippen LogP contribution in [0.4, 0.5) is 0 Å². The van der Waals surface area contributed by atoms with Crippen molar-refractivity contribution in [2.45, 2.75) is 129 Å². The quantitative estimate of drug-likeness (QED) is 0.0779. The minimum absolute atomic E-state index is 0.0826. The second-order valence-electron chi connectivity index (χ2n) is 13.4. The molecule has 0 aromatic heterocycles. The number of ether oxygens (including phenoxy) is 6. The summed E-state index contributed by atoms with van der Waals surface area (Å²) < 4.78 is 34.0. The summed E-state index contributed by atoms with van der Waals surface area (Å²) in [7, 11) is 3.90. The van der Waals surface area contributed by atoms with Crippen LogP contribution in [0.5, 0.6) is 0 Å². The molecule has 2 heterocycles. The van der Waals surface area contributed by atoms with Gasteiger partial charge in [-0.05, 0) is 57.4 Å². The van der Waals surface area contributed by atoms with Crippen molar-refractivity contribution >= 4 is 23.9 Å². The highest BCUT2D eigenvalue weighted by Crippen LogP contribution is 2.48. The molecule has 0 radical (unpaired) electrons. The summed E-state index contributed by atoms with van der Waals surface area (Å²) in [5.74, 6) is -2.87. The van der Waals surface area contributed by atoms with Gasteiger partial charge in [-0.15, -0.1) is 0 Å². The molecule has 0 amide bonds. The topological polar surface area (TPSA) is 144 Å². The SMILES string of the molecule is CCCC[C@@]1(OC(=O)CCC(=O)OC)CC[C@]2(CC[C@H](C)[C@@H](C/C=C(C)/C=C/[C@H](O)[C@@H](C)/C=C/C(=O)OC)O2)O[C@H]1/C=C/C(C)=C/C(=O)OC. The Bertz CT molecular complexity index is 1290. The average molecular weight is 703 g/mol. The maximum absolute atomic E-state index is 13.1. The lowest BCUT2D eigenvalue weighted by Gasteiger charge is -2.53. The highest BCUT2D eigenvalue weighted by molar-refractivity contribution is 5.83. The summed E-state index contributed by atoms with van der Waals surface area (Å²) in [6, 6.07) is 0. The van der Waals surface area contributed by atoms with Gasteiger partial charge in [0.2, 0.25) is 0 Å². The van der Waals surface area contributed by atoms with Gasteiger partial charge in [0.05, 0.1) is 46.4 Å². The van der Waals surface area contributed by atoms with E-state index in [9.17, 15) is 24.3 Å². The Balaban J connectivity index is 2.31. The monoisotopic (exact) mass is 702 g/mol. The Kier molecular flexibility index (Phi) is 17.9.